The molecule has 1 amide bonds. The smallest absolute Gasteiger partial charge is 0.231 e. The van der Waals surface area contributed by atoms with E-state index in [-0.39, 0.29) is 23.7 Å². The summed E-state index contributed by atoms with van der Waals surface area (Å²) in [5, 5.41) is 0. The lowest BCUT2D eigenvalue weighted by atomic mass is 9.84. The molecule has 3 nitrogen and oxygen atoms in total. The van der Waals surface area contributed by atoms with Crippen molar-refractivity contribution in [3.63, 3.8) is 0 Å². The number of hydrogen-bond acceptors (Lipinski definition) is 2. The first-order chi connectivity index (χ1) is 9.65. The van der Waals surface area contributed by atoms with Gasteiger partial charge in [-0.05, 0) is 55.2 Å². The molecule has 4 unspecified atom stereocenters. The zero-order chi connectivity index (χ0) is 13.9. The Labute approximate surface area is 117 Å². The van der Waals surface area contributed by atoms with E-state index in [4.69, 9.17) is 5.73 Å². The van der Waals surface area contributed by atoms with Crippen LogP contribution in [-0.4, -0.2) is 18.5 Å². The van der Waals surface area contributed by atoms with E-state index >= 15 is 0 Å². The van der Waals surface area contributed by atoms with Crippen molar-refractivity contribution < 1.29 is 9.18 Å². The largest absolute Gasteiger partial charge is 0.327 e. The highest BCUT2D eigenvalue weighted by Crippen LogP contribution is 2.49. The minimum absolute atomic E-state index is 0.00106. The molecule has 1 aromatic rings. The summed E-state index contributed by atoms with van der Waals surface area (Å²) in [6, 6.07) is 4.74. The molecule has 1 aromatic carbocycles. The van der Waals surface area contributed by atoms with Gasteiger partial charge in [-0.3, -0.25) is 4.79 Å². The summed E-state index contributed by atoms with van der Waals surface area (Å²) in [5.74, 6) is 0.751. The number of fused-ring (bicyclic) bond motifs is 3. The maximum absolute atomic E-state index is 13.4. The van der Waals surface area contributed by atoms with Crippen LogP contribution in [0.1, 0.15) is 24.8 Å². The van der Waals surface area contributed by atoms with Gasteiger partial charge in [0.15, 0.2) is 0 Å². The van der Waals surface area contributed by atoms with Gasteiger partial charge in [0.25, 0.3) is 0 Å². The van der Waals surface area contributed by atoms with Gasteiger partial charge >= 0.3 is 0 Å². The van der Waals surface area contributed by atoms with E-state index in [0.717, 1.165) is 30.5 Å². The fourth-order valence-corrected chi connectivity index (χ4v) is 4.46. The van der Waals surface area contributed by atoms with Gasteiger partial charge in [-0.1, -0.05) is 6.07 Å². The third-order valence-corrected chi connectivity index (χ3v) is 5.47. The second kappa shape index (κ2) is 4.29. The number of nitrogens with zero attached hydrogens (tertiary/aromatic N) is 1. The van der Waals surface area contributed by atoms with Crippen molar-refractivity contribution in [3.8, 4) is 0 Å². The molecule has 2 saturated carbocycles. The number of hydrogen-bond donors (Lipinski definition) is 1. The Kier molecular flexibility index (Phi) is 2.64. The minimum Gasteiger partial charge on any atom is -0.327 e. The number of anilines is 1. The van der Waals surface area contributed by atoms with Crippen molar-refractivity contribution in [1.29, 1.82) is 0 Å². The van der Waals surface area contributed by atoms with E-state index in [2.05, 4.69) is 0 Å². The van der Waals surface area contributed by atoms with Gasteiger partial charge in [0.1, 0.15) is 5.82 Å². The summed E-state index contributed by atoms with van der Waals surface area (Å²) in [7, 11) is 0. The van der Waals surface area contributed by atoms with Gasteiger partial charge in [-0.2, -0.15) is 0 Å². The topological polar surface area (TPSA) is 46.3 Å². The summed E-state index contributed by atoms with van der Waals surface area (Å²) in [6.07, 6.45) is 4.21. The first kappa shape index (κ1) is 12.3. The third-order valence-electron chi connectivity index (χ3n) is 5.47. The number of carbonyl (C=O) groups excluding carboxylic acids is 1. The van der Waals surface area contributed by atoms with Gasteiger partial charge in [-0.25, -0.2) is 4.39 Å². The van der Waals surface area contributed by atoms with Crippen LogP contribution in [0.3, 0.4) is 0 Å². The van der Waals surface area contributed by atoms with Crippen LogP contribution in [0.25, 0.3) is 0 Å². The molecule has 4 rings (SSSR count). The average Bonchev–Trinajstić information content (AvgIpc) is 3.10. The Balaban J connectivity index is 1.64. The normalized spacial score (nSPS) is 34.6. The Hall–Kier alpha value is -1.42. The molecule has 3 aliphatic rings. The first-order valence-electron chi connectivity index (χ1n) is 7.50. The molecule has 2 N–H and O–H groups in total. The quantitative estimate of drug-likeness (QED) is 0.852. The van der Waals surface area contributed by atoms with Crippen LogP contribution in [0.15, 0.2) is 18.2 Å². The fourth-order valence-electron chi connectivity index (χ4n) is 4.46. The zero-order valence-electron chi connectivity index (χ0n) is 11.4. The highest BCUT2D eigenvalue weighted by Gasteiger charge is 2.50. The van der Waals surface area contributed by atoms with Crippen LogP contribution < -0.4 is 10.6 Å². The lowest BCUT2D eigenvalue weighted by Gasteiger charge is -2.31. The first-order valence-corrected chi connectivity index (χ1v) is 7.50. The number of halogens is 1. The van der Waals surface area contributed by atoms with E-state index in [9.17, 15) is 9.18 Å². The lowest BCUT2D eigenvalue weighted by molar-refractivity contribution is -0.124. The molecule has 20 heavy (non-hydrogen) atoms. The van der Waals surface area contributed by atoms with Crippen molar-refractivity contribution >= 4 is 11.6 Å². The Bertz CT molecular complexity index is 572. The zero-order valence-corrected chi connectivity index (χ0v) is 11.4. The van der Waals surface area contributed by atoms with Crippen molar-refractivity contribution in [2.75, 3.05) is 11.4 Å². The molecule has 1 heterocycles. The van der Waals surface area contributed by atoms with E-state index in [1.54, 1.807) is 11.0 Å². The van der Waals surface area contributed by atoms with Crippen molar-refractivity contribution in [2.24, 2.45) is 23.5 Å². The molecule has 0 saturated heterocycles. The molecule has 1 aliphatic heterocycles. The highest BCUT2D eigenvalue weighted by molar-refractivity contribution is 5.97. The second-order valence-corrected chi connectivity index (χ2v) is 6.45. The van der Waals surface area contributed by atoms with Crippen molar-refractivity contribution in [3.05, 3.63) is 29.6 Å². The second-order valence-electron chi connectivity index (χ2n) is 6.45. The molecule has 106 valence electrons. The van der Waals surface area contributed by atoms with Gasteiger partial charge in [0.2, 0.25) is 5.91 Å². The summed E-state index contributed by atoms with van der Waals surface area (Å²) < 4.78 is 13.4. The highest BCUT2D eigenvalue weighted by atomic mass is 19.1. The molecule has 2 aliphatic carbocycles. The Morgan fingerprint density at radius 3 is 2.85 bits per heavy atom. The van der Waals surface area contributed by atoms with Crippen LogP contribution in [-0.2, 0) is 11.2 Å². The Morgan fingerprint density at radius 2 is 2.10 bits per heavy atom. The fraction of sp³-hybridized carbons (Fsp3) is 0.562. The molecule has 0 spiro atoms. The van der Waals surface area contributed by atoms with Gasteiger partial charge in [0, 0.05) is 18.3 Å². The van der Waals surface area contributed by atoms with Crippen LogP contribution in [0.2, 0.25) is 0 Å². The number of carbonyl (C=O) groups is 1. The molecular weight excluding hydrogens is 255 g/mol. The van der Waals surface area contributed by atoms with E-state index in [1.807, 2.05) is 0 Å². The van der Waals surface area contributed by atoms with Crippen LogP contribution in [0, 0.1) is 23.6 Å². The number of benzene rings is 1. The van der Waals surface area contributed by atoms with Crippen LogP contribution in [0.5, 0.6) is 0 Å². The third kappa shape index (κ3) is 1.64. The molecule has 0 radical (unpaired) electrons. The lowest BCUT2D eigenvalue weighted by Crippen LogP contribution is -2.46. The van der Waals surface area contributed by atoms with Gasteiger partial charge in [-0.15, -0.1) is 0 Å². The van der Waals surface area contributed by atoms with Crippen LogP contribution >= 0.6 is 0 Å². The Morgan fingerprint density at radius 1 is 1.30 bits per heavy atom. The SMILES string of the molecule is NC1C2CCC(C2)C1C(=O)N1CCc2ccc(F)cc21. The van der Waals surface area contributed by atoms with Gasteiger partial charge < -0.3 is 10.6 Å². The molecule has 2 bridgehead atoms. The maximum atomic E-state index is 13.4. The van der Waals surface area contributed by atoms with Crippen molar-refractivity contribution in [2.45, 2.75) is 31.7 Å². The monoisotopic (exact) mass is 274 g/mol. The maximum Gasteiger partial charge on any atom is 0.231 e. The number of nitrogens with two attached hydrogens (primary N) is 1. The number of rotatable bonds is 1. The standard InChI is InChI=1S/C16H19FN2O/c17-12-4-3-9-5-6-19(13(9)8-12)16(20)14-10-1-2-11(7-10)15(14)18/h3-4,8,10-11,14-15H,1-2,5-7,18H2. The van der Waals surface area contributed by atoms with Gasteiger partial charge in [0.05, 0.1) is 5.92 Å². The van der Waals surface area contributed by atoms with Crippen molar-refractivity contribution in [1.82, 2.24) is 0 Å². The van der Waals surface area contributed by atoms with Crippen LogP contribution in [0.4, 0.5) is 10.1 Å². The number of amides is 1. The molecule has 2 fully saturated rings. The predicted octanol–water partition coefficient (Wildman–Crippen LogP) is 2.09. The summed E-state index contributed by atoms with van der Waals surface area (Å²) in [6.45, 7) is 0.665. The molecule has 4 heteroatoms. The molecule has 0 aromatic heterocycles. The van der Waals surface area contributed by atoms with E-state index in [1.165, 1.54) is 18.6 Å². The molecule has 4 atom stereocenters. The molecular formula is C16H19FN2O. The summed E-state index contributed by atoms with van der Waals surface area (Å²) in [5.41, 5.74) is 8.08. The summed E-state index contributed by atoms with van der Waals surface area (Å²) >= 11 is 0. The van der Waals surface area contributed by atoms with E-state index in [0.29, 0.717) is 18.4 Å². The summed E-state index contributed by atoms with van der Waals surface area (Å²) in [4.78, 5) is 14.6. The predicted molar refractivity (Wildman–Crippen MR) is 74.8 cm³/mol. The minimum atomic E-state index is -0.277. The average molecular weight is 274 g/mol. The van der Waals surface area contributed by atoms with E-state index < -0.39 is 0 Å².